The van der Waals surface area contributed by atoms with Crippen molar-refractivity contribution in [1.82, 2.24) is 10.3 Å². The Hall–Kier alpha value is -1.14. The van der Waals surface area contributed by atoms with Gasteiger partial charge in [0.1, 0.15) is 0 Å². The van der Waals surface area contributed by atoms with E-state index < -0.39 is 0 Å². The molecule has 0 atom stereocenters. The van der Waals surface area contributed by atoms with Crippen LogP contribution in [0.1, 0.15) is 30.6 Å². The molecule has 0 saturated heterocycles. The molecule has 2 amide bonds. The molecule has 5 nitrogen and oxygen atoms in total. The SMILES string of the molecule is Cc1cnc(NC(=O)NC2CCC(O)CC2)s1. The molecule has 0 radical (unpaired) electrons. The lowest BCUT2D eigenvalue weighted by molar-refractivity contribution is 0.118. The van der Waals surface area contributed by atoms with E-state index in [9.17, 15) is 9.90 Å². The summed E-state index contributed by atoms with van der Waals surface area (Å²) in [5.74, 6) is 0. The summed E-state index contributed by atoms with van der Waals surface area (Å²) in [5, 5.41) is 15.6. The molecular formula is C11H17N3O2S. The quantitative estimate of drug-likeness (QED) is 0.755. The predicted octanol–water partition coefficient (Wildman–Crippen LogP) is 1.88. The van der Waals surface area contributed by atoms with Gasteiger partial charge in [0.25, 0.3) is 0 Å². The number of aliphatic hydroxyl groups excluding tert-OH is 1. The van der Waals surface area contributed by atoms with Gasteiger partial charge < -0.3 is 10.4 Å². The fourth-order valence-electron chi connectivity index (χ4n) is 1.95. The Kier molecular flexibility index (Phi) is 3.96. The zero-order valence-corrected chi connectivity index (χ0v) is 10.6. The van der Waals surface area contributed by atoms with Crippen molar-refractivity contribution in [3.63, 3.8) is 0 Å². The number of carbonyl (C=O) groups is 1. The third kappa shape index (κ3) is 3.67. The number of anilines is 1. The van der Waals surface area contributed by atoms with Crippen molar-refractivity contribution in [1.29, 1.82) is 0 Å². The molecule has 1 aromatic rings. The number of nitrogens with one attached hydrogen (secondary N) is 2. The van der Waals surface area contributed by atoms with Crippen LogP contribution in [0.25, 0.3) is 0 Å². The minimum Gasteiger partial charge on any atom is -0.393 e. The Bertz CT molecular complexity index is 386. The zero-order valence-electron chi connectivity index (χ0n) is 9.77. The summed E-state index contributed by atoms with van der Waals surface area (Å²) >= 11 is 1.46. The van der Waals surface area contributed by atoms with Gasteiger partial charge in [-0.25, -0.2) is 9.78 Å². The Morgan fingerprint density at radius 1 is 1.47 bits per heavy atom. The number of nitrogens with zero attached hydrogens (tertiary/aromatic N) is 1. The third-order valence-electron chi connectivity index (χ3n) is 2.87. The van der Waals surface area contributed by atoms with E-state index in [4.69, 9.17) is 0 Å². The molecule has 0 aromatic carbocycles. The minimum absolute atomic E-state index is 0.166. The summed E-state index contributed by atoms with van der Waals surface area (Å²) in [6.07, 6.45) is 4.74. The van der Waals surface area contributed by atoms with Crippen LogP contribution in [-0.4, -0.2) is 28.3 Å². The van der Waals surface area contributed by atoms with Gasteiger partial charge in [-0.1, -0.05) is 0 Å². The normalized spacial score (nSPS) is 24.4. The van der Waals surface area contributed by atoms with Crippen LogP contribution in [0.5, 0.6) is 0 Å². The van der Waals surface area contributed by atoms with Gasteiger partial charge in [-0.05, 0) is 32.6 Å². The molecule has 0 bridgehead atoms. The van der Waals surface area contributed by atoms with Gasteiger partial charge in [0, 0.05) is 17.1 Å². The topological polar surface area (TPSA) is 74.2 Å². The molecule has 1 aliphatic rings. The highest BCUT2D eigenvalue weighted by molar-refractivity contribution is 7.15. The smallest absolute Gasteiger partial charge is 0.321 e. The first kappa shape index (κ1) is 12.3. The summed E-state index contributed by atoms with van der Waals surface area (Å²) in [6, 6.07) is -0.0415. The number of aromatic nitrogens is 1. The van der Waals surface area contributed by atoms with Gasteiger partial charge in [-0.3, -0.25) is 5.32 Å². The molecular weight excluding hydrogens is 238 g/mol. The second-order valence-electron chi connectivity index (χ2n) is 4.38. The van der Waals surface area contributed by atoms with E-state index in [-0.39, 0.29) is 18.2 Å². The highest BCUT2D eigenvalue weighted by atomic mass is 32.1. The second kappa shape index (κ2) is 5.46. The molecule has 1 fully saturated rings. The minimum atomic E-state index is -0.208. The molecule has 17 heavy (non-hydrogen) atoms. The van der Waals surface area contributed by atoms with Gasteiger partial charge in [0.05, 0.1) is 6.10 Å². The van der Waals surface area contributed by atoms with E-state index in [1.54, 1.807) is 6.20 Å². The lowest BCUT2D eigenvalue weighted by Gasteiger charge is -2.25. The molecule has 0 aliphatic heterocycles. The van der Waals surface area contributed by atoms with Gasteiger partial charge >= 0.3 is 6.03 Å². The molecule has 6 heteroatoms. The van der Waals surface area contributed by atoms with Crippen molar-refractivity contribution in [3.8, 4) is 0 Å². The molecule has 1 saturated carbocycles. The van der Waals surface area contributed by atoms with E-state index in [0.717, 1.165) is 30.6 Å². The molecule has 1 aliphatic carbocycles. The van der Waals surface area contributed by atoms with Gasteiger partial charge in [0.2, 0.25) is 0 Å². The van der Waals surface area contributed by atoms with Crippen LogP contribution < -0.4 is 10.6 Å². The second-order valence-corrected chi connectivity index (χ2v) is 5.61. The lowest BCUT2D eigenvalue weighted by Crippen LogP contribution is -2.40. The van der Waals surface area contributed by atoms with Crippen LogP contribution in [0, 0.1) is 6.92 Å². The van der Waals surface area contributed by atoms with Crippen molar-refractivity contribution in [3.05, 3.63) is 11.1 Å². The highest BCUT2D eigenvalue weighted by Crippen LogP contribution is 2.19. The fraction of sp³-hybridized carbons (Fsp3) is 0.636. The monoisotopic (exact) mass is 255 g/mol. The van der Waals surface area contributed by atoms with Gasteiger partial charge in [-0.2, -0.15) is 0 Å². The number of aryl methyl sites for hydroxylation is 1. The summed E-state index contributed by atoms with van der Waals surface area (Å²) in [6.45, 7) is 1.95. The Labute approximate surface area is 104 Å². The van der Waals surface area contributed by atoms with Gasteiger partial charge in [0.15, 0.2) is 5.13 Å². The summed E-state index contributed by atoms with van der Waals surface area (Å²) in [7, 11) is 0. The predicted molar refractivity (Wildman–Crippen MR) is 67.3 cm³/mol. The zero-order chi connectivity index (χ0) is 12.3. The number of amides is 2. The number of aliphatic hydroxyl groups is 1. The Morgan fingerprint density at radius 3 is 2.76 bits per heavy atom. The van der Waals surface area contributed by atoms with Gasteiger partial charge in [-0.15, -0.1) is 11.3 Å². The van der Waals surface area contributed by atoms with E-state index in [1.807, 2.05) is 6.92 Å². The van der Waals surface area contributed by atoms with E-state index in [1.165, 1.54) is 11.3 Å². The molecule has 1 aromatic heterocycles. The number of hydrogen-bond donors (Lipinski definition) is 3. The number of carbonyl (C=O) groups excluding carboxylic acids is 1. The molecule has 94 valence electrons. The number of urea groups is 1. The number of thiazole rings is 1. The summed E-state index contributed by atoms with van der Waals surface area (Å²) < 4.78 is 0. The van der Waals surface area contributed by atoms with Crippen molar-refractivity contribution < 1.29 is 9.90 Å². The summed E-state index contributed by atoms with van der Waals surface area (Å²) in [4.78, 5) is 16.8. The highest BCUT2D eigenvalue weighted by Gasteiger charge is 2.20. The van der Waals surface area contributed by atoms with Crippen LogP contribution in [0.2, 0.25) is 0 Å². The fourth-order valence-corrected chi connectivity index (χ4v) is 2.61. The van der Waals surface area contributed by atoms with Crippen molar-refractivity contribution in [2.75, 3.05) is 5.32 Å². The average Bonchev–Trinajstić information content (AvgIpc) is 2.67. The van der Waals surface area contributed by atoms with Crippen LogP contribution in [-0.2, 0) is 0 Å². The lowest BCUT2D eigenvalue weighted by atomic mass is 9.93. The van der Waals surface area contributed by atoms with Crippen LogP contribution in [0.3, 0.4) is 0 Å². The van der Waals surface area contributed by atoms with Crippen molar-refractivity contribution >= 4 is 22.5 Å². The van der Waals surface area contributed by atoms with Crippen molar-refractivity contribution in [2.45, 2.75) is 44.8 Å². The molecule has 0 unspecified atom stereocenters. The first-order valence-electron chi connectivity index (χ1n) is 5.81. The van der Waals surface area contributed by atoms with E-state index in [0.29, 0.717) is 5.13 Å². The Balaban J connectivity index is 1.77. The maximum atomic E-state index is 11.7. The molecule has 3 N–H and O–H groups in total. The summed E-state index contributed by atoms with van der Waals surface area (Å²) in [5.41, 5.74) is 0. The van der Waals surface area contributed by atoms with Crippen LogP contribution >= 0.6 is 11.3 Å². The standard InChI is InChI=1S/C11H17N3O2S/c1-7-6-12-11(17-7)14-10(16)13-8-2-4-9(15)5-3-8/h6,8-9,15H,2-5H2,1H3,(H2,12,13,14,16). The van der Waals surface area contributed by atoms with E-state index in [2.05, 4.69) is 15.6 Å². The Morgan fingerprint density at radius 2 is 2.18 bits per heavy atom. The van der Waals surface area contributed by atoms with Crippen molar-refractivity contribution in [2.24, 2.45) is 0 Å². The maximum absolute atomic E-state index is 11.7. The number of hydrogen-bond acceptors (Lipinski definition) is 4. The molecule has 1 heterocycles. The first-order valence-corrected chi connectivity index (χ1v) is 6.63. The van der Waals surface area contributed by atoms with Crippen LogP contribution in [0.15, 0.2) is 6.20 Å². The molecule has 2 rings (SSSR count). The molecule has 0 spiro atoms. The average molecular weight is 255 g/mol. The van der Waals surface area contributed by atoms with E-state index >= 15 is 0 Å². The first-order chi connectivity index (χ1) is 8.13. The maximum Gasteiger partial charge on any atom is 0.321 e. The third-order valence-corrected chi connectivity index (χ3v) is 3.70. The number of rotatable bonds is 2. The van der Waals surface area contributed by atoms with Crippen LogP contribution in [0.4, 0.5) is 9.93 Å². The largest absolute Gasteiger partial charge is 0.393 e.